The van der Waals surface area contributed by atoms with Crippen LogP contribution in [-0.4, -0.2) is 35.6 Å². The maximum Gasteiger partial charge on any atom is 0.253 e. The Kier molecular flexibility index (Phi) is 3.81. The molecule has 2 rings (SSSR count). The van der Waals surface area contributed by atoms with Gasteiger partial charge in [0, 0.05) is 25.3 Å². The molecule has 0 radical (unpaired) electrons. The topological polar surface area (TPSA) is 66.6 Å². The summed E-state index contributed by atoms with van der Waals surface area (Å²) in [6.45, 7) is 1.48. The van der Waals surface area contributed by atoms with Crippen molar-refractivity contribution in [3.05, 3.63) is 29.6 Å². The molecular formula is C13H17FN2O2. The summed E-state index contributed by atoms with van der Waals surface area (Å²) >= 11 is 0. The van der Waals surface area contributed by atoms with Gasteiger partial charge in [0.05, 0.1) is 5.69 Å². The summed E-state index contributed by atoms with van der Waals surface area (Å²) in [6.07, 6.45) is 1.62. The summed E-state index contributed by atoms with van der Waals surface area (Å²) in [7, 11) is 0. The van der Waals surface area contributed by atoms with Crippen molar-refractivity contribution < 1.29 is 14.3 Å². The van der Waals surface area contributed by atoms with E-state index < -0.39 is 5.82 Å². The Hall–Kier alpha value is -1.62. The maximum absolute atomic E-state index is 13.0. The molecule has 3 N–H and O–H groups in total. The van der Waals surface area contributed by atoms with E-state index in [0.717, 1.165) is 12.8 Å². The van der Waals surface area contributed by atoms with Crippen molar-refractivity contribution in [2.75, 3.05) is 25.4 Å². The maximum atomic E-state index is 13.0. The molecule has 1 aromatic carbocycles. The highest BCUT2D eigenvalue weighted by Crippen LogP contribution is 2.22. The fourth-order valence-corrected chi connectivity index (χ4v) is 2.29. The van der Waals surface area contributed by atoms with Crippen LogP contribution in [0.1, 0.15) is 23.2 Å². The summed E-state index contributed by atoms with van der Waals surface area (Å²) in [5, 5.41) is 8.87. The number of amides is 1. The molecule has 98 valence electrons. The van der Waals surface area contributed by atoms with Gasteiger partial charge in [0.25, 0.3) is 5.91 Å². The van der Waals surface area contributed by atoms with Crippen LogP contribution in [0, 0.1) is 11.7 Å². The van der Waals surface area contributed by atoms with Crippen LogP contribution in [0.2, 0.25) is 0 Å². The molecule has 0 aromatic heterocycles. The van der Waals surface area contributed by atoms with Gasteiger partial charge in [0.2, 0.25) is 0 Å². The van der Waals surface area contributed by atoms with Crippen molar-refractivity contribution in [3.63, 3.8) is 0 Å². The van der Waals surface area contributed by atoms with Crippen LogP contribution in [0.3, 0.4) is 0 Å². The van der Waals surface area contributed by atoms with E-state index in [1.807, 2.05) is 0 Å². The number of hydrogen-bond acceptors (Lipinski definition) is 3. The standard InChI is InChI=1S/C13H17FN2O2/c14-11-2-1-10(7-12(11)15)13(18)16-5-3-9(8-16)4-6-17/h1-2,7,9,17H,3-6,8,15H2. The zero-order valence-electron chi connectivity index (χ0n) is 10.1. The SMILES string of the molecule is Nc1cc(C(=O)N2CCC(CCO)C2)ccc1F. The first-order valence-electron chi connectivity index (χ1n) is 6.07. The number of nitrogens with zero attached hydrogens (tertiary/aromatic N) is 1. The van der Waals surface area contributed by atoms with Crippen molar-refractivity contribution in [1.82, 2.24) is 4.90 Å². The number of nitrogens with two attached hydrogens (primary N) is 1. The average molecular weight is 252 g/mol. The van der Waals surface area contributed by atoms with Crippen molar-refractivity contribution in [1.29, 1.82) is 0 Å². The third kappa shape index (κ3) is 2.61. The first-order chi connectivity index (χ1) is 8.61. The van der Waals surface area contributed by atoms with Crippen LogP contribution in [0.4, 0.5) is 10.1 Å². The van der Waals surface area contributed by atoms with Gasteiger partial charge in [-0.05, 0) is 37.0 Å². The van der Waals surface area contributed by atoms with E-state index in [2.05, 4.69) is 0 Å². The molecule has 0 bridgehead atoms. The molecule has 18 heavy (non-hydrogen) atoms. The molecule has 1 saturated heterocycles. The predicted octanol–water partition coefficient (Wildman–Crippen LogP) is 1.25. The molecule has 1 heterocycles. The number of benzene rings is 1. The fourth-order valence-electron chi connectivity index (χ4n) is 2.29. The predicted molar refractivity (Wildman–Crippen MR) is 66.5 cm³/mol. The smallest absolute Gasteiger partial charge is 0.253 e. The van der Waals surface area contributed by atoms with E-state index in [9.17, 15) is 9.18 Å². The van der Waals surface area contributed by atoms with Crippen LogP contribution in [0.25, 0.3) is 0 Å². The first-order valence-corrected chi connectivity index (χ1v) is 6.07. The van der Waals surface area contributed by atoms with E-state index >= 15 is 0 Å². The second-order valence-electron chi connectivity index (χ2n) is 4.65. The lowest BCUT2D eigenvalue weighted by Crippen LogP contribution is -2.28. The highest BCUT2D eigenvalue weighted by atomic mass is 19.1. The molecule has 0 saturated carbocycles. The van der Waals surface area contributed by atoms with E-state index in [1.54, 1.807) is 4.90 Å². The summed E-state index contributed by atoms with van der Waals surface area (Å²) in [5.41, 5.74) is 5.86. The zero-order chi connectivity index (χ0) is 13.1. The molecule has 0 aliphatic carbocycles. The third-order valence-electron chi connectivity index (χ3n) is 3.35. The van der Waals surface area contributed by atoms with E-state index in [4.69, 9.17) is 10.8 Å². The molecule has 5 heteroatoms. The second kappa shape index (κ2) is 5.35. The highest BCUT2D eigenvalue weighted by Gasteiger charge is 2.26. The van der Waals surface area contributed by atoms with Gasteiger partial charge in [0.15, 0.2) is 0 Å². The van der Waals surface area contributed by atoms with Gasteiger partial charge in [-0.3, -0.25) is 4.79 Å². The number of aliphatic hydroxyl groups is 1. The van der Waals surface area contributed by atoms with Gasteiger partial charge < -0.3 is 15.7 Å². The number of likely N-dealkylation sites (tertiary alicyclic amines) is 1. The van der Waals surface area contributed by atoms with Crippen LogP contribution in [0.5, 0.6) is 0 Å². The van der Waals surface area contributed by atoms with Crippen LogP contribution in [-0.2, 0) is 0 Å². The molecule has 1 aliphatic rings. The summed E-state index contributed by atoms with van der Waals surface area (Å²) in [4.78, 5) is 13.9. The Morgan fingerprint density at radius 1 is 1.56 bits per heavy atom. The molecule has 0 spiro atoms. The van der Waals surface area contributed by atoms with Crippen LogP contribution >= 0.6 is 0 Å². The quantitative estimate of drug-likeness (QED) is 0.796. The Morgan fingerprint density at radius 3 is 3.00 bits per heavy atom. The number of carbonyl (C=O) groups is 1. The van der Waals surface area contributed by atoms with Gasteiger partial charge in [-0.1, -0.05) is 0 Å². The van der Waals surface area contributed by atoms with Gasteiger partial charge in [-0.25, -0.2) is 4.39 Å². The summed E-state index contributed by atoms with van der Waals surface area (Å²) in [5.74, 6) is -0.273. The Balaban J connectivity index is 2.05. The number of carbonyl (C=O) groups excluding carboxylic acids is 1. The number of halogens is 1. The van der Waals surface area contributed by atoms with E-state index in [-0.39, 0.29) is 18.2 Å². The monoisotopic (exact) mass is 252 g/mol. The lowest BCUT2D eigenvalue weighted by molar-refractivity contribution is 0.0784. The molecule has 1 aliphatic heterocycles. The summed E-state index contributed by atoms with van der Waals surface area (Å²) < 4.78 is 13.0. The third-order valence-corrected chi connectivity index (χ3v) is 3.35. The minimum absolute atomic E-state index is 0.00745. The van der Waals surface area contributed by atoms with Crippen molar-refractivity contribution in [2.45, 2.75) is 12.8 Å². The summed E-state index contributed by atoms with van der Waals surface area (Å²) in [6, 6.07) is 4.04. The van der Waals surface area contributed by atoms with Crippen molar-refractivity contribution in [2.24, 2.45) is 5.92 Å². The Bertz CT molecular complexity index is 451. The van der Waals surface area contributed by atoms with Crippen LogP contribution in [0.15, 0.2) is 18.2 Å². The minimum Gasteiger partial charge on any atom is -0.396 e. The number of rotatable bonds is 3. The van der Waals surface area contributed by atoms with Gasteiger partial charge in [-0.2, -0.15) is 0 Å². The lowest BCUT2D eigenvalue weighted by Gasteiger charge is -2.16. The molecule has 4 nitrogen and oxygen atoms in total. The van der Waals surface area contributed by atoms with Crippen molar-refractivity contribution in [3.8, 4) is 0 Å². The second-order valence-corrected chi connectivity index (χ2v) is 4.65. The molecule has 1 atom stereocenters. The Morgan fingerprint density at radius 2 is 2.33 bits per heavy atom. The number of hydrogen-bond donors (Lipinski definition) is 2. The van der Waals surface area contributed by atoms with Crippen molar-refractivity contribution >= 4 is 11.6 Å². The van der Waals surface area contributed by atoms with E-state index in [1.165, 1.54) is 18.2 Å². The zero-order valence-corrected chi connectivity index (χ0v) is 10.1. The number of aliphatic hydroxyl groups excluding tert-OH is 1. The normalized spacial score (nSPS) is 19.2. The number of anilines is 1. The van der Waals surface area contributed by atoms with E-state index in [0.29, 0.717) is 24.6 Å². The molecule has 1 fully saturated rings. The average Bonchev–Trinajstić information content (AvgIpc) is 2.81. The van der Waals surface area contributed by atoms with Gasteiger partial charge in [0.1, 0.15) is 5.82 Å². The Labute approximate surface area is 105 Å². The molecule has 1 aromatic rings. The first kappa shape index (κ1) is 12.8. The lowest BCUT2D eigenvalue weighted by atomic mass is 10.1. The van der Waals surface area contributed by atoms with Crippen LogP contribution < -0.4 is 5.73 Å². The highest BCUT2D eigenvalue weighted by molar-refractivity contribution is 5.95. The minimum atomic E-state index is -0.508. The number of nitrogen functional groups attached to an aromatic ring is 1. The molecular weight excluding hydrogens is 235 g/mol. The molecule has 1 amide bonds. The van der Waals surface area contributed by atoms with Gasteiger partial charge in [-0.15, -0.1) is 0 Å². The molecule has 1 unspecified atom stereocenters. The fraction of sp³-hybridized carbons (Fsp3) is 0.462. The largest absolute Gasteiger partial charge is 0.396 e. The van der Waals surface area contributed by atoms with Gasteiger partial charge >= 0.3 is 0 Å².